The summed E-state index contributed by atoms with van der Waals surface area (Å²) >= 11 is 0. The summed E-state index contributed by atoms with van der Waals surface area (Å²) in [6, 6.07) is 0. The molecular weight excluding hydrogens is 135 g/mol. The smallest absolute Gasteiger partial charge is 0.330 e. The average Bonchev–Trinajstić information content (AvgIpc) is 1.87. The Labute approximate surface area is 57.5 Å². The van der Waals surface area contributed by atoms with Crippen molar-refractivity contribution in [3.05, 3.63) is 12.7 Å². The molecule has 2 unspecified atom stereocenters. The maximum absolute atomic E-state index is 10.4. The molecule has 0 bridgehead atoms. The summed E-state index contributed by atoms with van der Waals surface area (Å²) in [5.41, 5.74) is 0. The predicted molar refractivity (Wildman–Crippen MR) is 40.1 cm³/mol. The minimum Gasteiger partial charge on any atom is -0.455 e. The normalized spacial score (nSPS) is 12.2. The van der Waals surface area contributed by atoms with E-state index >= 15 is 0 Å². The van der Waals surface area contributed by atoms with Gasteiger partial charge >= 0.3 is 5.97 Å². The van der Waals surface area contributed by atoms with Gasteiger partial charge in [0.25, 0.3) is 0 Å². The van der Waals surface area contributed by atoms with Gasteiger partial charge in [-0.3, -0.25) is 0 Å². The van der Waals surface area contributed by atoms with Crippen LogP contribution in [0.25, 0.3) is 0 Å². The molecule has 0 aliphatic heterocycles. The van der Waals surface area contributed by atoms with Gasteiger partial charge in [-0.05, 0) is 6.42 Å². The van der Waals surface area contributed by atoms with Crippen molar-refractivity contribution < 1.29 is 9.53 Å². The van der Waals surface area contributed by atoms with Gasteiger partial charge in [-0.1, -0.05) is 22.7 Å². The Balaban J connectivity index is 3.46. The molecule has 0 heterocycles. The Morgan fingerprint density at radius 2 is 2.56 bits per heavy atom. The van der Waals surface area contributed by atoms with E-state index in [0.29, 0.717) is 0 Å². The SMILES string of the molecule is C=CC(=O)OC(P)CC. The molecule has 2 atom stereocenters. The molecule has 0 saturated carbocycles. The highest BCUT2D eigenvalue weighted by atomic mass is 31.0. The Hall–Kier alpha value is -0.360. The lowest BCUT2D eigenvalue weighted by molar-refractivity contribution is -0.139. The molecule has 0 radical (unpaired) electrons. The molecule has 2 nitrogen and oxygen atoms in total. The van der Waals surface area contributed by atoms with Crippen molar-refractivity contribution in [3.8, 4) is 0 Å². The van der Waals surface area contributed by atoms with Gasteiger partial charge in [0.1, 0.15) is 5.85 Å². The molecule has 0 aromatic carbocycles. The number of esters is 1. The second kappa shape index (κ2) is 4.51. The summed E-state index contributed by atoms with van der Waals surface area (Å²) in [5.74, 6) is -0.438. The largest absolute Gasteiger partial charge is 0.455 e. The van der Waals surface area contributed by atoms with E-state index in [1.165, 1.54) is 0 Å². The third-order valence-corrected chi connectivity index (χ3v) is 1.44. The Kier molecular flexibility index (Phi) is 4.33. The molecule has 9 heavy (non-hydrogen) atoms. The van der Waals surface area contributed by atoms with Crippen LogP contribution in [0.15, 0.2) is 12.7 Å². The fourth-order valence-corrected chi connectivity index (χ4v) is 0.415. The standard InChI is InChI=1S/C6H11O2P/c1-3-5(7)8-6(9)4-2/h3,6H,1,4,9H2,2H3. The maximum Gasteiger partial charge on any atom is 0.330 e. The predicted octanol–water partition coefficient (Wildman–Crippen LogP) is 1.33. The van der Waals surface area contributed by atoms with E-state index < -0.39 is 0 Å². The third-order valence-electron chi connectivity index (χ3n) is 0.837. The van der Waals surface area contributed by atoms with E-state index in [1.807, 2.05) is 6.92 Å². The number of hydrogen-bond acceptors (Lipinski definition) is 2. The summed E-state index contributed by atoms with van der Waals surface area (Å²) in [6.45, 7) is 5.20. The van der Waals surface area contributed by atoms with Crippen LogP contribution in [0, 0.1) is 0 Å². The quantitative estimate of drug-likeness (QED) is 0.341. The van der Waals surface area contributed by atoms with Crippen LogP contribution in [0.1, 0.15) is 13.3 Å². The van der Waals surface area contributed by atoms with Crippen LogP contribution in [-0.4, -0.2) is 11.8 Å². The fraction of sp³-hybridized carbons (Fsp3) is 0.500. The van der Waals surface area contributed by atoms with Crippen LogP contribution in [0.4, 0.5) is 0 Å². The molecule has 0 N–H and O–H groups in total. The first-order valence-corrected chi connectivity index (χ1v) is 3.46. The highest BCUT2D eigenvalue weighted by Gasteiger charge is 2.01. The lowest BCUT2D eigenvalue weighted by atomic mass is 10.5. The molecule has 0 aromatic heterocycles. The zero-order chi connectivity index (χ0) is 7.28. The van der Waals surface area contributed by atoms with Crippen molar-refractivity contribution >= 4 is 15.2 Å². The fourth-order valence-electron chi connectivity index (χ4n) is 0.281. The van der Waals surface area contributed by atoms with Crippen LogP contribution < -0.4 is 0 Å². The topological polar surface area (TPSA) is 26.3 Å². The minimum absolute atomic E-state index is 0.0736. The van der Waals surface area contributed by atoms with Gasteiger partial charge in [0.15, 0.2) is 0 Å². The molecule has 0 aliphatic carbocycles. The molecule has 3 heteroatoms. The second-order valence-corrected chi connectivity index (χ2v) is 2.33. The lowest BCUT2D eigenvalue weighted by Crippen LogP contribution is -2.07. The molecule has 0 saturated heterocycles. The average molecular weight is 146 g/mol. The Morgan fingerprint density at radius 3 is 2.89 bits per heavy atom. The first-order valence-electron chi connectivity index (χ1n) is 2.79. The zero-order valence-corrected chi connectivity index (χ0v) is 6.62. The number of hydrogen-bond donors (Lipinski definition) is 0. The molecule has 52 valence electrons. The highest BCUT2D eigenvalue weighted by Crippen LogP contribution is 2.05. The number of carbonyl (C=O) groups excluding carboxylic acids is 1. The van der Waals surface area contributed by atoms with Crippen LogP contribution >= 0.6 is 9.24 Å². The number of carbonyl (C=O) groups is 1. The number of rotatable bonds is 3. The molecular formula is C6H11O2P. The van der Waals surface area contributed by atoms with Gasteiger partial charge in [0, 0.05) is 6.08 Å². The number of ether oxygens (including phenoxy) is 1. The van der Waals surface area contributed by atoms with E-state index in [0.717, 1.165) is 12.5 Å². The van der Waals surface area contributed by atoms with Crippen LogP contribution in [-0.2, 0) is 9.53 Å². The van der Waals surface area contributed by atoms with Crippen molar-refractivity contribution in [2.24, 2.45) is 0 Å². The van der Waals surface area contributed by atoms with Gasteiger partial charge in [-0.25, -0.2) is 4.79 Å². The van der Waals surface area contributed by atoms with Crippen LogP contribution in [0.2, 0.25) is 0 Å². The van der Waals surface area contributed by atoms with Gasteiger partial charge in [-0.2, -0.15) is 0 Å². The first kappa shape index (κ1) is 8.64. The first-order chi connectivity index (χ1) is 4.20. The second-order valence-electron chi connectivity index (χ2n) is 1.59. The van der Waals surface area contributed by atoms with E-state index in [9.17, 15) is 4.79 Å². The van der Waals surface area contributed by atoms with Crippen LogP contribution in [0.3, 0.4) is 0 Å². The van der Waals surface area contributed by atoms with E-state index in [1.54, 1.807) is 0 Å². The summed E-state index contributed by atoms with van der Waals surface area (Å²) < 4.78 is 4.75. The molecule has 0 spiro atoms. The highest BCUT2D eigenvalue weighted by molar-refractivity contribution is 7.17. The minimum atomic E-state index is -0.364. The lowest BCUT2D eigenvalue weighted by Gasteiger charge is -2.06. The van der Waals surface area contributed by atoms with Crippen molar-refractivity contribution in [2.45, 2.75) is 19.2 Å². The van der Waals surface area contributed by atoms with Crippen molar-refractivity contribution in [3.63, 3.8) is 0 Å². The van der Waals surface area contributed by atoms with Gasteiger partial charge in [-0.15, -0.1) is 0 Å². The van der Waals surface area contributed by atoms with E-state index in [2.05, 4.69) is 15.8 Å². The monoisotopic (exact) mass is 146 g/mol. The summed E-state index contributed by atoms with van der Waals surface area (Å²) in [5, 5.41) is 0. The van der Waals surface area contributed by atoms with Gasteiger partial charge in [0.05, 0.1) is 0 Å². The van der Waals surface area contributed by atoms with Gasteiger partial charge in [0.2, 0.25) is 0 Å². The molecule has 0 rings (SSSR count). The Morgan fingerprint density at radius 1 is 2.00 bits per heavy atom. The van der Waals surface area contributed by atoms with Crippen molar-refractivity contribution in [1.29, 1.82) is 0 Å². The van der Waals surface area contributed by atoms with Gasteiger partial charge < -0.3 is 4.74 Å². The Bertz CT molecular complexity index is 112. The summed E-state index contributed by atoms with van der Waals surface area (Å²) in [7, 11) is 2.42. The van der Waals surface area contributed by atoms with Crippen molar-refractivity contribution in [1.82, 2.24) is 0 Å². The van der Waals surface area contributed by atoms with E-state index in [-0.39, 0.29) is 11.8 Å². The third kappa shape index (κ3) is 4.16. The zero-order valence-electron chi connectivity index (χ0n) is 5.46. The maximum atomic E-state index is 10.4. The molecule has 0 amide bonds. The summed E-state index contributed by atoms with van der Waals surface area (Å²) in [6.07, 6.45) is 1.97. The molecule has 0 aromatic rings. The summed E-state index contributed by atoms with van der Waals surface area (Å²) in [4.78, 5) is 10.4. The van der Waals surface area contributed by atoms with E-state index in [4.69, 9.17) is 4.74 Å². The molecule has 0 aliphatic rings. The van der Waals surface area contributed by atoms with Crippen molar-refractivity contribution in [2.75, 3.05) is 0 Å². The molecule has 0 fully saturated rings. The van der Waals surface area contributed by atoms with Crippen LogP contribution in [0.5, 0.6) is 0 Å².